The molecule has 0 radical (unpaired) electrons. The van der Waals surface area contributed by atoms with Gasteiger partial charge in [-0.3, -0.25) is 9.59 Å². The molecule has 0 aliphatic carbocycles. The molecule has 1 aliphatic heterocycles. The topological polar surface area (TPSA) is 89.4 Å². The zero-order valence-corrected chi connectivity index (χ0v) is 11.4. The molecule has 2 amide bonds. The maximum atomic E-state index is 12.0. The average molecular weight is 255 g/mol. The Morgan fingerprint density at radius 2 is 2.06 bits per heavy atom. The molecule has 5 nitrogen and oxygen atoms in total. The first kappa shape index (κ1) is 15.0. The van der Waals surface area contributed by atoms with Crippen molar-refractivity contribution < 1.29 is 9.59 Å². The summed E-state index contributed by atoms with van der Waals surface area (Å²) in [7, 11) is 0. The Kier molecular flexibility index (Phi) is 5.14. The van der Waals surface area contributed by atoms with Crippen molar-refractivity contribution >= 4 is 11.8 Å². The van der Waals surface area contributed by atoms with Gasteiger partial charge in [0.25, 0.3) is 0 Å². The van der Waals surface area contributed by atoms with E-state index in [-0.39, 0.29) is 11.8 Å². The molecule has 1 rings (SSSR count). The van der Waals surface area contributed by atoms with Gasteiger partial charge in [-0.25, -0.2) is 0 Å². The van der Waals surface area contributed by atoms with Crippen LogP contribution in [0.15, 0.2) is 0 Å². The molecular weight excluding hydrogens is 230 g/mol. The number of likely N-dealkylation sites (tertiary alicyclic amines) is 1. The van der Waals surface area contributed by atoms with Crippen molar-refractivity contribution in [1.82, 2.24) is 4.90 Å². The molecule has 1 fully saturated rings. The third kappa shape index (κ3) is 3.70. The highest BCUT2D eigenvalue weighted by molar-refractivity contribution is 5.83. The third-order valence-electron chi connectivity index (χ3n) is 3.93. The van der Waals surface area contributed by atoms with Crippen LogP contribution in [0, 0.1) is 11.3 Å². The fourth-order valence-electron chi connectivity index (χ4n) is 2.33. The summed E-state index contributed by atoms with van der Waals surface area (Å²) in [5.41, 5.74) is 10.3. The van der Waals surface area contributed by atoms with Crippen molar-refractivity contribution in [3.8, 4) is 0 Å². The average Bonchev–Trinajstić information content (AvgIpc) is 2.71. The number of nitrogens with two attached hydrogens (primary N) is 2. The van der Waals surface area contributed by atoms with Crippen LogP contribution in [0.25, 0.3) is 0 Å². The minimum atomic E-state index is -0.543. The number of hydrogen-bond acceptors (Lipinski definition) is 3. The summed E-state index contributed by atoms with van der Waals surface area (Å²) in [5.74, 6) is 0.294. The highest BCUT2D eigenvalue weighted by atomic mass is 16.2. The van der Waals surface area contributed by atoms with E-state index in [1.165, 1.54) is 0 Å². The maximum Gasteiger partial charge on any atom is 0.225 e. The summed E-state index contributed by atoms with van der Waals surface area (Å²) in [6.07, 6.45) is 3.02. The van der Waals surface area contributed by atoms with Crippen LogP contribution in [-0.4, -0.2) is 36.3 Å². The van der Waals surface area contributed by atoms with Gasteiger partial charge in [-0.2, -0.15) is 0 Å². The van der Waals surface area contributed by atoms with E-state index in [0.29, 0.717) is 38.4 Å². The number of rotatable bonds is 6. The van der Waals surface area contributed by atoms with E-state index >= 15 is 0 Å². The van der Waals surface area contributed by atoms with Crippen LogP contribution in [0.4, 0.5) is 0 Å². The van der Waals surface area contributed by atoms with Gasteiger partial charge < -0.3 is 16.4 Å². The molecule has 0 bridgehead atoms. The van der Waals surface area contributed by atoms with E-state index in [0.717, 1.165) is 12.8 Å². The van der Waals surface area contributed by atoms with Gasteiger partial charge in [-0.1, -0.05) is 6.92 Å². The molecule has 0 aromatic carbocycles. The summed E-state index contributed by atoms with van der Waals surface area (Å²) >= 11 is 0. The Bertz CT molecular complexity index is 319. The lowest BCUT2D eigenvalue weighted by Gasteiger charge is -2.21. The molecule has 4 N–H and O–H groups in total. The molecule has 1 heterocycles. The Balaban J connectivity index is 2.39. The number of primary amides is 1. The van der Waals surface area contributed by atoms with Gasteiger partial charge in [0.1, 0.15) is 0 Å². The first-order chi connectivity index (χ1) is 8.39. The highest BCUT2D eigenvalue weighted by Crippen LogP contribution is 2.30. The van der Waals surface area contributed by atoms with Crippen LogP contribution >= 0.6 is 0 Å². The lowest BCUT2D eigenvalue weighted by atomic mass is 9.89. The molecular formula is C13H25N3O2. The lowest BCUT2D eigenvalue weighted by molar-refractivity contribution is -0.131. The highest BCUT2D eigenvalue weighted by Gasteiger charge is 2.40. The Morgan fingerprint density at radius 3 is 2.56 bits per heavy atom. The minimum Gasteiger partial charge on any atom is -0.369 e. The number of nitrogens with zero attached hydrogens (tertiary/aromatic N) is 1. The Labute approximate surface area is 109 Å². The maximum absolute atomic E-state index is 12.0. The van der Waals surface area contributed by atoms with Crippen LogP contribution in [-0.2, 0) is 9.59 Å². The molecule has 1 saturated heterocycles. The zero-order valence-electron chi connectivity index (χ0n) is 11.4. The number of carbonyl (C=O) groups excluding carboxylic acids is 2. The van der Waals surface area contributed by atoms with E-state index in [1.807, 2.05) is 6.92 Å². The van der Waals surface area contributed by atoms with Crippen LogP contribution < -0.4 is 11.5 Å². The van der Waals surface area contributed by atoms with Crippen molar-refractivity contribution in [3.05, 3.63) is 0 Å². The Hall–Kier alpha value is -1.10. The first-order valence-electron chi connectivity index (χ1n) is 6.67. The summed E-state index contributed by atoms with van der Waals surface area (Å²) in [6, 6.07) is 0. The van der Waals surface area contributed by atoms with Crippen molar-refractivity contribution in [2.24, 2.45) is 22.8 Å². The smallest absolute Gasteiger partial charge is 0.225 e. The second-order valence-electron chi connectivity index (χ2n) is 5.71. The van der Waals surface area contributed by atoms with E-state index < -0.39 is 5.41 Å². The van der Waals surface area contributed by atoms with Gasteiger partial charge in [-0.15, -0.1) is 0 Å². The van der Waals surface area contributed by atoms with Gasteiger partial charge in [0, 0.05) is 19.5 Å². The van der Waals surface area contributed by atoms with Gasteiger partial charge in [0.2, 0.25) is 11.8 Å². The second-order valence-corrected chi connectivity index (χ2v) is 5.71. The molecule has 5 heteroatoms. The van der Waals surface area contributed by atoms with Crippen molar-refractivity contribution in [1.29, 1.82) is 0 Å². The van der Waals surface area contributed by atoms with Gasteiger partial charge in [0.15, 0.2) is 0 Å². The summed E-state index contributed by atoms with van der Waals surface area (Å²) < 4.78 is 0. The second kappa shape index (κ2) is 6.18. The number of carbonyl (C=O) groups is 2. The van der Waals surface area contributed by atoms with E-state index in [9.17, 15) is 9.59 Å². The first-order valence-corrected chi connectivity index (χ1v) is 6.67. The molecule has 0 saturated carbocycles. The third-order valence-corrected chi connectivity index (χ3v) is 3.93. The van der Waals surface area contributed by atoms with E-state index in [2.05, 4.69) is 6.92 Å². The van der Waals surface area contributed by atoms with Crippen molar-refractivity contribution in [2.75, 3.05) is 19.6 Å². The zero-order chi connectivity index (χ0) is 13.8. The van der Waals surface area contributed by atoms with Gasteiger partial charge in [-0.05, 0) is 38.6 Å². The van der Waals surface area contributed by atoms with E-state index in [1.54, 1.807) is 4.90 Å². The van der Waals surface area contributed by atoms with E-state index in [4.69, 9.17) is 11.5 Å². The summed E-state index contributed by atoms with van der Waals surface area (Å²) in [5, 5.41) is 0. The SMILES string of the molecule is CC(CCN)CCC(=O)N1CCC(C)(C(N)=O)C1. The number of amides is 2. The molecule has 0 aromatic rings. The van der Waals surface area contributed by atoms with Crippen LogP contribution in [0.5, 0.6) is 0 Å². The standard InChI is InChI=1S/C13H25N3O2/c1-10(5-7-14)3-4-11(17)16-8-6-13(2,9-16)12(15)18/h10H,3-9,14H2,1-2H3,(H2,15,18). The quantitative estimate of drug-likeness (QED) is 0.723. The molecule has 0 aromatic heterocycles. The predicted octanol–water partition coefficient (Wildman–Crippen LogP) is 0.475. The van der Waals surface area contributed by atoms with Crippen LogP contribution in [0.1, 0.15) is 39.5 Å². The van der Waals surface area contributed by atoms with Crippen molar-refractivity contribution in [3.63, 3.8) is 0 Å². The van der Waals surface area contributed by atoms with Crippen molar-refractivity contribution in [2.45, 2.75) is 39.5 Å². The minimum absolute atomic E-state index is 0.129. The monoisotopic (exact) mass is 255 g/mol. The van der Waals surface area contributed by atoms with Crippen LogP contribution in [0.2, 0.25) is 0 Å². The number of hydrogen-bond donors (Lipinski definition) is 2. The van der Waals surface area contributed by atoms with Gasteiger partial charge >= 0.3 is 0 Å². The molecule has 2 atom stereocenters. The normalized spacial score (nSPS) is 25.2. The molecule has 2 unspecified atom stereocenters. The molecule has 18 heavy (non-hydrogen) atoms. The fraction of sp³-hybridized carbons (Fsp3) is 0.846. The Morgan fingerprint density at radius 1 is 1.39 bits per heavy atom. The largest absolute Gasteiger partial charge is 0.369 e. The predicted molar refractivity (Wildman–Crippen MR) is 70.6 cm³/mol. The molecule has 1 aliphatic rings. The van der Waals surface area contributed by atoms with Crippen LogP contribution in [0.3, 0.4) is 0 Å². The lowest BCUT2D eigenvalue weighted by Crippen LogP contribution is -2.38. The summed E-state index contributed by atoms with van der Waals surface area (Å²) in [4.78, 5) is 25.1. The molecule has 104 valence electrons. The fourth-order valence-corrected chi connectivity index (χ4v) is 2.33. The van der Waals surface area contributed by atoms with Gasteiger partial charge in [0.05, 0.1) is 5.41 Å². The molecule has 0 spiro atoms. The summed E-state index contributed by atoms with van der Waals surface area (Å²) in [6.45, 7) is 5.71.